The topological polar surface area (TPSA) is 55.6 Å². The van der Waals surface area contributed by atoms with E-state index < -0.39 is 0 Å². The monoisotopic (exact) mass is 265 g/mol. The second-order valence-electron chi connectivity index (χ2n) is 4.27. The summed E-state index contributed by atoms with van der Waals surface area (Å²) in [6, 6.07) is 0.161. The van der Waals surface area contributed by atoms with Crippen LogP contribution < -0.4 is 5.32 Å². The van der Waals surface area contributed by atoms with E-state index in [-0.39, 0.29) is 6.04 Å². The maximum absolute atomic E-state index is 4.25. The maximum Gasteiger partial charge on any atom is 0.0804 e. The first-order valence-corrected chi connectivity index (χ1v) is 7.06. The van der Waals surface area contributed by atoms with Crippen LogP contribution in [0.4, 0.5) is 0 Å². The molecule has 0 aliphatic carbocycles. The molecule has 5 nitrogen and oxygen atoms in total. The summed E-state index contributed by atoms with van der Waals surface area (Å²) in [6.45, 7) is 5.25. The summed E-state index contributed by atoms with van der Waals surface area (Å²) in [5.74, 6) is 0. The first kappa shape index (κ1) is 13.2. The Balaban J connectivity index is 2.30. The summed E-state index contributed by atoms with van der Waals surface area (Å²) in [5.41, 5.74) is 2.25. The van der Waals surface area contributed by atoms with Crippen LogP contribution in [0.15, 0.2) is 12.4 Å². The first-order valence-electron chi connectivity index (χ1n) is 6.29. The van der Waals surface area contributed by atoms with E-state index in [9.17, 15) is 0 Å². The largest absolute Gasteiger partial charge is 0.305 e. The number of aromatic nitrogens is 4. The first-order chi connectivity index (χ1) is 8.76. The summed E-state index contributed by atoms with van der Waals surface area (Å²) in [6.07, 6.45) is 5.97. The van der Waals surface area contributed by atoms with Gasteiger partial charge in [0.1, 0.15) is 0 Å². The van der Waals surface area contributed by atoms with Crippen LogP contribution in [0.25, 0.3) is 0 Å². The van der Waals surface area contributed by atoms with E-state index in [1.165, 1.54) is 22.0 Å². The standard InChI is InChI=1S/C12H19N5S/c1-4-6-13-11(9-7-14-17(3)8-9)12-10(5-2)15-16-18-12/h7-8,11,13H,4-6H2,1-3H3. The molecule has 0 spiro atoms. The number of aryl methyl sites for hydroxylation is 2. The smallest absolute Gasteiger partial charge is 0.0804 e. The fourth-order valence-electron chi connectivity index (χ4n) is 1.92. The average molecular weight is 265 g/mol. The molecule has 2 aromatic rings. The molecule has 2 rings (SSSR count). The van der Waals surface area contributed by atoms with Crippen molar-refractivity contribution in [1.82, 2.24) is 24.7 Å². The summed E-state index contributed by atoms with van der Waals surface area (Å²) in [7, 11) is 1.94. The molecule has 0 amide bonds. The molecule has 6 heteroatoms. The van der Waals surface area contributed by atoms with E-state index in [4.69, 9.17) is 0 Å². The van der Waals surface area contributed by atoms with E-state index in [1.54, 1.807) is 0 Å². The number of nitrogens with zero attached hydrogens (tertiary/aromatic N) is 4. The van der Waals surface area contributed by atoms with Crippen LogP contribution in [0.3, 0.4) is 0 Å². The summed E-state index contributed by atoms with van der Waals surface area (Å²) in [5, 5.41) is 12.0. The van der Waals surface area contributed by atoms with Gasteiger partial charge in [0.15, 0.2) is 0 Å². The number of hydrogen-bond acceptors (Lipinski definition) is 5. The molecule has 0 saturated carbocycles. The fraction of sp³-hybridized carbons (Fsp3) is 0.583. The summed E-state index contributed by atoms with van der Waals surface area (Å²) >= 11 is 1.48. The van der Waals surface area contributed by atoms with Gasteiger partial charge in [0.25, 0.3) is 0 Å². The Labute approximate surface area is 111 Å². The Morgan fingerprint density at radius 2 is 2.28 bits per heavy atom. The lowest BCUT2D eigenvalue weighted by Gasteiger charge is -2.15. The third kappa shape index (κ3) is 2.76. The van der Waals surface area contributed by atoms with Gasteiger partial charge >= 0.3 is 0 Å². The Kier molecular flexibility index (Phi) is 4.43. The van der Waals surface area contributed by atoms with Gasteiger partial charge in [0, 0.05) is 18.8 Å². The van der Waals surface area contributed by atoms with E-state index >= 15 is 0 Å². The molecule has 18 heavy (non-hydrogen) atoms. The van der Waals surface area contributed by atoms with Crippen molar-refractivity contribution >= 4 is 11.5 Å². The van der Waals surface area contributed by atoms with Gasteiger partial charge in [-0.2, -0.15) is 5.10 Å². The molecule has 0 fully saturated rings. The van der Waals surface area contributed by atoms with Gasteiger partial charge in [-0.05, 0) is 30.9 Å². The van der Waals surface area contributed by atoms with Crippen LogP contribution in [-0.4, -0.2) is 25.9 Å². The van der Waals surface area contributed by atoms with Gasteiger partial charge in [-0.15, -0.1) is 5.10 Å². The number of rotatable bonds is 6. The molecule has 1 unspecified atom stereocenters. The van der Waals surface area contributed by atoms with Gasteiger partial charge in [-0.3, -0.25) is 4.68 Å². The molecule has 0 aliphatic rings. The van der Waals surface area contributed by atoms with Crippen LogP contribution >= 0.6 is 11.5 Å². The van der Waals surface area contributed by atoms with Crippen LogP contribution in [-0.2, 0) is 13.5 Å². The summed E-state index contributed by atoms with van der Waals surface area (Å²) in [4.78, 5) is 1.21. The predicted octanol–water partition coefficient (Wildman–Crippen LogP) is 1.92. The van der Waals surface area contributed by atoms with Gasteiger partial charge in [0.2, 0.25) is 0 Å². The van der Waals surface area contributed by atoms with Crippen LogP contribution in [0, 0.1) is 0 Å². The second-order valence-corrected chi connectivity index (χ2v) is 5.06. The molecule has 0 bridgehead atoms. The quantitative estimate of drug-likeness (QED) is 0.867. The maximum atomic E-state index is 4.25. The Morgan fingerprint density at radius 3 is 2.89 bits per heavy atom. The predicted molar refractivity (Wildman–Crippen MR) is 72.6 cm³/mol. The summed E-state index contributed by atoms with van der Waals surface area (Å²) < 4.78 is 5.91. The van der Waals surface area contributed by atoms with Gasteiger partial charge in [-0.1, -0.05) is 18.3 Å². The van der Waals surface area contributed by atoms with Crippen molar-refractivity contribution in [2.45, 2.75) is 32.7 Å². The van der Waals surface area contributed by atoms with Crippen LogP contribution in [0.5, 0.6) is 0 Å². The zero-order chi connectivity index (χ0) is 13.0. The molecule has 1 atom stereocenters. The molecule has 1 N–H and O–H groups in total. The number of hydrogen-bond donors (Lipinski definition) is 1. The lowest BCUT2D eigenvalue weighted by Crippen LogP contribution is -2.23. The molecule has 98 valence electrons. The van der Waals surface area contributed by atoms with Gasteiger partial charge in [0.05, 0.1) is 22.8 Å². The average Bonchev–Trinajstić information content (AvgIpc) is 2.99. The van der Waals surface area contributed by atoms with E-state index in [0.29, 0.717) is 0 Å². The van der Waals surface area contributed by atoms with E-state index in [2.05, 4.69) is 33.8 Å². The minimum atomic E-state index is 0.161. The molecule has 2 heterocycles. The van der Waals surface area contributed by atoms with Crippen molar-refractivity contribution in [2.75, 3.05) is 6.54 Å². The van der Waals surface area contributed by atoms with Gasteiger partial charge in [-0.25, -0.2) is 0 Å². The minimum absolute atomic E-state index is 0.161. The minimum Gasteiger partial charge on any atom is -0.305 e. The zero-order valence-electron chi connectivity index (χ0n) is 11.1. The van der Waals surface area contributed by atoms with Crippen LogP contribution in [0.2, 0.25) is 0 Å². The van der Waals surface area contributed by atoms with Gasteiger partial charge < -0.3 is 5.32 Å². The highest BCUT2D eigenvalue weighted by Gasteiger charge is 2.20. The molecule has 2 aromatic heterocycles. The fourth-order valence-corrected chi connectivity index (χ4v) is 2.76. The highest BCUT2D eigenvalue weighted by Crippen LogP contribution is 2.27. The van der Waals surface area contributed by atoms with E-state index in [0.717, 1.165) is 25.1 Å². The molecule has 0 saturated heterocycles. The molecular weight excluding hydrogens is 246 g/mol. The normalized spacial score (nSPS) is 12.8. The van der Waals surface area contributed by atoms with Crippen molar-refractivity contribution in [3.63, 3.8) is 0 Å². The van der Waals surface area contributed by atoms with E-state index in [1.807, 2.05) is 24.1 Å². The van der Waals surface area contributed by atoms with Crippen molar-refractivity contribution in [3.05, 3.63) is 28.5 Å². The number of nitrogens with one attached hydrogen (secondary N) is 1. The highest BCUT2D eigenvalue weighted by molar-refractivity contribution is 7.05. The Hall–Kier alpha value is -1.27. The lowest BCUT2D eigenvalue weighted by atomic mass is 10.1. The van der Waals surface area contributed by atoms with Crippen molar-refractivity contribution in [2.24, 2.45) is 7.05 Å². The molecular formula is C12H19N5S. The van der Waals surface area contributed by atoms with Crippen LogP contribution in [0.1, 0.15) is 42.4 Å². The molecule has 0 radical (unpaired) electrons. The zero-order valence-corrected chi connectivity index (χ0v) is 11.9. The van der Waals surface area contributed by atoms with Crippen molar-refractivity contribution in [1.29, 1.82) is 0 Å². The third-order valence-corrected chi connectivity index (χ3v) is 3.67. The molecule has 0 aliphatic heterocycles. The third-order valence-electron chi connectivity index (χ3n) is 2.84. The Bertz CT molecular complexity index is 490. The second kappa shape index (κ2) is 6.06. The lowest BCUT2D eigenvalue weighted by molar-refractivity contribution is 0.600. The Morgan fingerprint density at radius 1 is 1.44 bits per heavy atom. The molecule has 0 aromatic carbocycles. The van der Waals surface area contributed by atoms with Crippen molar-refractivity contribution in [3.8, 4) is 0 Å². The SMILES string of the molecule is CCCNC(c1cnn(C)c1)c1snnc1CC. The van der Waals surface area contributed by atoms with Crippen molar-refractivity contribution < 1.29 is 0 Å². The highest BCUT2D eigenvalue weighted by atomic mass is 32.1.